The number of ether oxygens (including phenoxy) is 1. The number of nitrogens with zero attached hydrogens (tertiary/aromatic N) is 2. The number of rotatable bonds is 0. The summed E-state index contributed by atoms with van der Waals surface area (Å²) in [6, 6.07) is 1.69. The fourth-order valence-electron chi connectivity index (χ4n) is 3.56. The zero-order valence-electron chi connectivity index (χ0n) is 12.1. The first-order valence-corrected chi connectivity index (χ1v) is 8.18. The molecule has 0 N–H and O–H groups in total. The van der Waals surface area contributed by atoms with E-state index in [1.54, 1.807) is 0 Å². The standard InChI is InChI=1S/C16H28N2O/c1-2-6-15-7-4-9-17(15)11-8-16-14-18(16)10-5-13-19-12-3-1/h5,10,15-16H,1-4,6-9,11-14H2/b10-5+. The molecule has 3 heterocycles. The Labute approximate surface area is 117 Å². The van der Waals surface area contributed by atoms with E-state index in [1.807, 2.05) is 0 Å². The first-order chi connectivity index (χ1) is 9.43. The SMILES string of the molecule is C1=C/N2CC2CCN2CCCC2CCCCCOC/1. The first-order valence-electron chi connectivity index (χ1n) is 8.18. The maximum absolute atomic E-state index is 5.64. The molecule has 3 heteroatoms. The van der Waals surface area contributed by atoms with Crippen LogP contribution in [0.1, 0.15) is 44.9 Å². The summed E-state index contributed by atoms with van der Waals surface area (Å²) in [4.78, 5) is 5.21. The Morgan fingerprint density at radius 3 is 2.84 bits per heavy atom. The summed E-state index contributed by atoms with van der Waals surface area (Å²) in [5.41, 5.74) is 0. The van der Waals surface area contributed by atoms with Crippen LogP contribution in [-0.2, 0) is 4.74 Å². The minimum atomic E-state index is 0.790. The molecule has 3 nitrogen and oxygen atoms in total. The van der Waals surface area contributed by atoms with Gasteiger partial charge in [0.2, 0.25) is 0 Å². The van der Waals surface area contributed by atoms with E-state index in [0.717, 1.165) is 25.3 Å². The molecule has 0 amide bonds. The average molecular weight is 264 g/mol. The van der Waals surface area contributed by atoms with Crippen LogP contribution in [0.2, 0.25) is 0 Å². The molecule has 2 fully saturated rings. The fraction of sp³-hybridized carbons (Fsp3) is 0.875. The lowest BCUT2D eigenvalue weighted by Gasteiger charge is -2.24. The summed E-state index contributed by atoms with van der Waals surface area (Å²) < 4.78 is 5.64. The van der Waals surface area contributed by atoms with E-state index in [1.165, 1.54) is 64.6 Å². The molecule has 2 unspecified atom stereocenters. The number of fused-ring (bicyclic) bond motifs is 2. The molecule has 108 valence electrons. The summed E-state index contributed by atoms with van der Waals surface area (Å²) in [5, 5.41) is 0. The highest BCUT2D eigenvalue weighted by molar-refractivity contribution is 4.99. The van der Waals surface area contributed by atoms with Crippen molar-refractivity contribution in [1.82, 2.24) is 9.80 Å². The van der Waals surface area contributed by atoms with Gasteiger partial charge in [0, 0.05) is 31.8 Å². The van der Waals surface area contributed by atoms with Gasteiger partial charge in [-0.15, -0.1) is 0 Å². The molecule has 3 rings (SSSR count). The molecule has 0 aromatic rings. The van der Waals surface area contributed by atoms with Crippen molar-refractivity contribution >= 4 is 0 Å². The molecule has 2 atom stereocenters. The second-order valence-corrected chi connectivity index (χ2v) is 6.28. The third kappa shape index (κ3) is 3.96. The molecular formula is C16H28N2O. The summed E-state index contributed by atoms with van der Waals surface area (Å²) in [6.07, 6.45) is 14.0. The first kappa shape index (κ1) is 13.4. The lowest BCUT2D eigenvalue weighted by atomic mass is 10.1. The molecule has 0 spiro atoms. The lowest BCUT2D eigenvalue weighted by Crippen LogP contribution is -2.31. The Bertz CT molecular complexity index is 305. The van der Waals surface area contributed by atoms with Crippen molar-refractivity contribution < 1.29 is 4.74 Å². The summed E-state index contributed by atoms with van der Waals surface area (Å²) in [6.45, 7) is 5.64. The number of hydrogen-bond acceptors (Lipinski definition) is 3. The summed E-state index contributed by atoms with van der Waals surface area (Å²) in [7, 11) is 0. The molecule has 3 aliphatic rings. The minimum Gasteiger partial charge on any atom is -0.377 e. The third-order valence-corrected chi connectivity index (χ3v) is 4.84. The largest absolute Gasteiger partial charge is 0.377 e. The smallest absolute Gasteiger partial charge is 0.0664 e. The van der Waals surface area contributed by atoms with Crippen LogP contribution in [0.15, 0.2) is 12.3 Å². The predicted molar refractivity (Wildman–Crippen MR) is 78.1 cm³/mol. The van der Waals surface area contributed by atoms with E-state index in [9.17, 15) is 0 Å². The van der Waals surface area contributed by atoms with E-state index in [0.29, 0.717) is 0 Å². The highest BCUT2D eigenvalue weighted by Crippen LogP contribution is 2.26. The van der Waals surface area contributed by atoms with Crippen LogP contribution in [-0.4, -0.2) is 54.7 Å². The molecule has 0 radical (unpaired) electrons. The number of hydrogen-bond donors (Lipinski definition) is 0. The second-order valence-electron chi connectivity index (χ2n) is 6.28. The lowest BCUT2D eigenvalue weighted by molar-refractivity contribution is 0.155. The molecule has 3 aliphatic heterocycles. The van der Waals surface area contributed by atoms with Crippen molar-refractivity contribution in [2.45, 2.75) is 57.0 Å². The average Bonchev–Trinajstić information content (AvgIpc) is 3.01. The van der Waals surface area contributed by atoms with E-state index in [4.69, 9.17) is 4.74 Å². The van der Waals surface area contributed by atoms with E-state index in [2.05, 4.69) is 22.1 Å². The maximum Gasteiger partial charge on any atom is 0.0664 e. The summed E-state index contributed by atoms with van der Waals surface area (Å²) in [5.74, 6) is 0. The van der Waals surface area contributed by atoms with Gasteiger partial charge in [-0.05, 0) is 50.9 Å². The van der Waals surface area contributed by atoms with Crippen molar-refractivity contribution in [2.24, 2.45) is 0 Å². The van der Waals surface area contributed by atoms with Crippen LogP contribution < -0.4 is 0 Å². The molecule has 0 bridgehead atoms. The Balaban J connectivity index is 1.51. The van der Waals surface area contributed by atoms with Gasteiger partial charge in [0.15, 0.2) is 0 Å². The van der Waals surface area contributed by atoms with Crippen molar-refractivity contribution in [2.75, 3.05) is 32.8 Å². The molecule has 2 saturated heterocycles. The van der Waals surface area contributed by atoms with Crippen LogP contribution >= 0.6 is 0 Å². The predicted octanol–water partition coefficient (Wildman–Crippen LogP) is 2.63. The van der Waals surface area contributed by atoms with Crippen LogP contribution in [0, 0.1) is 0 Å². The van der Waals surface area contributed by atoms with Crippen LogP contribution in [0.25, 0.3) is 0 Å². The molecule has 0 aromatic heterocycles. The van der Waals surface area contributed by atoms with Crippen molar-refractivity contribution in [3.63, 3.8) is 0 Å². The van der Waals surface area contributed by atoms with Gasteiger partial charge < -0.3 is 14.5 Å². The highest BCUT2D eigenvalue weighted by Gasteiger charge is 2.32. The second kappa shape index (κ2) is 6.76. The normalized spacial score (nSPS) is 35.9. The quantitative estimate of drug-likeness (QED) is 0.625. The highest BCUT2D eigenvalue weighted by atomic mass is 16.5. The van der Waals surface area contributed by atoms with E-state index < -0.39 is 0 Å². The molecule has 0 saturated carbocycles. The Morgan fingerprint density at radius 2 is 1.84 bits per heavy atom. The third-order valence-electron chi connectivity index (χ3n) is 4.84. The Hall–Kier alpha value is -0.540. The minimum absolute atomic E-state index is 0.790. The summed E-state index contributed by atoms with van der Waals surface area (Å²) >= 11 is 0. The van der Waals surface area contributed by atoms with Gasteiger partial charge in [0.05, 0.1) is 6.61 Å². The van der Waals surface area contributed by atoms with Crippen molar-refractivity contribution in [3.8, 4) is 0 Å². The molecular weight excluding hydrogens is 236 g/mol. The fourth-order valence-corrected chi connectivity index (χ4v) is 3.56. The van der Waals surface area contributed by atoms with Crippen LogP contribution in [0.3, 0.4) is 0 Å². The van der Waals surface area contributed by atoms with Crippen LogP contribution in [0.4, 0.5) is 0 Å². The molecule has 0 aliphatic carbocycles. The van der Waals surface area contributed by atoms with Gasteiger partial charge in [-0.2, -0.15) is 0 Å². The van der Waals surface area contributed by atoms with Gasteiger partial charge in [-0.1, -0.05) is 12.8 Å². The monoisotopic (exact) mass is 264 g/mol. The van der Waals surface area contributed by atoms with Gasteiger partial charge in [0.1, 0.15) is 0 Å². The Kier molecular flexibility index (Phi) is 4.78. The van der Waals surface area contributed by atoms with E-state index in [-0.39, 0.29) is 0 Å². The maximum atomic E-state index is 5.64. The molecule has 0 aromatic carbocycles. The molecule has 19 heavy (non-hydrogen) atoms. The van der Waals surface area contributed by atoms with Gasteiger partial charge in [-0.25, -0.2) is 0 Å². The Morgan fingerprint density at radius 1 is 0.895 bits per heavy atom. The van der Waals surface area contributed by atoms with Crippen molar-refractivity contribution in [3.05, 3.63) is 12.3 Å². The van der Waals surface area contributed by atoms with Crippen molar-refractivity contribution in [1.29, 1.82) is 0 Å². The van der Waals surface area contributed by atoms with Gasteiger partial charge in [-0.3, -0.25) is 0 Å². The topological polar surface area (TPSA) is 15.5 Å². The van der Waals surface area contributed by atoms with Gasteiger partial charge >= 0.3 is 0 Å². The zero-order chi connectivity index (χ0) is 12.9. The zero-order valence-corrected chi connectivity index (χ0v) is 12.1. The van der Waals surface area contributed by atoms with Crippen LogP contribution in [0.5, 0.6) is 0 Å². The van der Waals surface area contributed by atoms with E-state index >= 15 is 0 Å². The van der Waals surface area contributed by atoms with Gasteiger partial charge in [0.25, 0.3) is 0 Å².